The predicted molar refractivity (Wildman–Crippen MR) is 97.3 cm³/mol. The number of aromatic nitrogens is 2. The summed E-state index contributed by atoms with van der Waals surface area (Å²) in [5.41, 5.74) is 1.20. The van der Waals surface area contributed by atoms with E-state index in [0.29, 0.717) is 21.0 Å². The van der Waals surface area contributed by atoms with E-state index in [-0.39, 0.29) is 16.3 Å². The van der Waals surface area contributed by atoms with Gasteiger partial charge in [-0.3, -0.25) is 4.40 Å². The van der Waals surface area contributed by atoms with Crippen molar-refractivity contribution >= 4 is 78.1 Å². The fourth-order valence-corrected chi connectivity index (χ4v) is 3.44. The quantitative estimate of drug-likeness (QED) is 0.512. The van der Waals surface area contributed by atoms with Gasteiger partial charge in [-0.2, -0.15) is 0 Å². The topological polar surface area (TPSA) is 66.6 Å². The van der Waals surface area contributed by atoms with Crippen LogP contribution in [0.4, 0.5) is 11.4 Å². The fraction of sp³-hybridized carbons (Fsp3) is 0. The van der Waals surface area contributed by atoms with Crippen LogP contribution in [0.1, 0.15) is 10.4 Å². The Labute approximate surface area is 157 Å². The molecule has 3 aromatic rings. The van der Waals surface area contributed by atoms with E-state index in [1.54, 1.807) is 28.8 Å². The monoisotopic (exact) mass is 477 g/mol. The highest BCUT2D eigenvalue weighted by Gasteiger charge is 2.20. The van der Waals surface area contributed by atoms with Crippen molar-refractivity contribution in [3.63, 3.8) is 0 Å². The second kappa shape index (κ2) is 6.32. The van der Waals surface area contributed by atoms with Gasteiger partial charge in [0, 0.05) is 10.7 Å². The van der Waals surface area contributed by atoms with Gasteiger partial charge in [0.15, 0.2) is 5.65 Å². The molecule has 2 heterocycles. The Bertz CT molecular complexity index is 943. The smallest absolute Gasteiger partial charge is 0.339 e. The fourth-order valence-electron chi connectivity index (χ4n) is 2.06. The average Bonchev–Trinajstić information content (AvgIpc) is 2.85. The SMILES string of the molecule is O=C(O)c1cn2c(Br)cnc2c(Cl)c1Nc1ccc(Br)cc1Cl. The molecule has 0 spiro atoms. The highest BCUT2D eigenvalue weighted by molar-refractivity contribution is 9.10. The average molecular weight is 480 g/mol. The molecule has 0 saturated carbocycles. The van der Waals surface area contributed by atoms with Crippen LogP contribution in [0, 0.1) is 0 Å². The molecule has 0 fully saturated rings. The summed E-state index contributed by atoms with van der Waals surface area (Å²) < 4.78 is 2.97. The minimum atomic E-state index is -1.12. The lowest BCUT2D eigenvalue weighted by Crippen LogP contribution is -2.06. The van der Waals surface area contributed by atoms with E-state index in [2.05, 4.69) is 42.2 Å². The zero-order valence-electron chi connectivity index (χ0n) is 11.1. The first-order valence-electron chi connectivity index (χ1n) is 6.19. The molecular formula is C14H7Br2Cl2N3O2. The van der Waals surface area contributed by atoms with Crippen molar-refractivity contribution in [3.8, 4) is 0 Å². The van der Waals surface area contributed by atoms with Crippen molar-refractivity contribution in [2.75, 3.05) is 5.32 Å². The maximum absolute atomic E-state index is 11.6. The molecule has 3 rings (SSSR count). The summed E-state index contributed by atoms with van der Waals surface area (Å²) in [5.74, 6) is -1.12. The highest BCUT2D eigenvalue weighted by atomic mass is 79.9. The molecule has 0 bridgehead atoms. The van der Waals surface area contributed by atoms with Crippen LogP contribution in [0.5, 0.6) is 0 Å². The van der Waals surface area contributed by atoms with Crippen molar-refractivity contribution < 1.29 is 9.90 Å². The number of rotatable bonds is 3. The summed E-state index contributed by atoms with van der Waals surface area (Å²) in [5, 5.41) is 13.1. The molecule has 2 aromatic heterocycles. The zero-order chi connectivity index (χ0) is 16.7. The standard InChI is InChI=1S/C14H7Br2Cl2N3O2/c15-6-1-2-9(8(17)3-6)20-12-7(14(22)23)5-21-10(16)4-19-13(21)11(12)18/h1-5,20H,(H,22,23). The molecule has 0 radical (unpaired) electrons. The van der Waals surface area contributed by atoms with Crippen LogP contribution < -0.4 is 5.32 Å². The van der Waals surface area contributed by atoms with Gasteiger partial charge in [0.2, 0.25) is 0 Å². The van der Waals surface area contributed by atoms with Crippen molar-refractivity contribution in [2.24, 2.45) is 0 Å². The first-order valence-corrected chi connectivity index (χ1v) is 8.53. The van der Waals surface area contributed by atoms with E-state index in [1.165, 1.54) is 6.20 Å². The lowest BCUT2D eigenvalue weighted by atomic mass is 10.2. The van der Waals surface area contributed by atoms with E-state index in [4.69, 9.17) is 23.2 Å². The van der Waals surface area contributed by atoms with Crippen LogP contribution in [-0.4, -0.2) is 20.5 Å². The van der Waals surface area contributed by atoms with E-state index in [0.717, 1.165) is 4.47 Å². The molecule has 118 valence electrons. The number of imidazole rings is 1. The molecule has 0 aliphatic carbocycles. The molecule has 2 N–H and O–H groups in total. The number of aromatic carboxylic acids is 1. The largest absolute Gasteiger partial charge is 0.478 e. The number of pyridine rings is 1. The number of anilines is 2. The van der Waals surface area contributed by atoms with E-state index in [9.17, 15) is 9.90 Å². The number of halogens is 4. The van der Waals surface area contributed by atoms with Crippen molar-refractivity contribution in [2.45, 2.75) is 0 Å². The van der Waals surface area contributed by atoms with Gasteiger partial charge in [0.25, 0.3) is 0 Å². The number of carboxylic acid groups (broad SMARTS) is 1. The molecule has 0 aliphatic heterocycles. The summed E-state index contributed by atoms with van der Waals surface area (Å²) in [7, 11) is 0. The third kappa shape index (κ3) is 3.06. The summed E-state index contributed by atoms with van der Waals surface area (Å²) in [6, 6.07) is 5.20. The number of nitrogens with zero attached hydrogens (tertiary/aromatic N) is 2. The summed E-state index contributed by atoms with van der Waals surface area (Å²) in [6.45, 7) is 0. The molecule has 5 nitrogen and oxygen atoms in total. The van der Waals surface area contributed by atoms with E-state index < -0.39 is 5.97 Å². The van der Waals surface area contributed by atoms with Crippen LogP contribution in [0.25, 0.3) is 5.65 Å². The van der Waals surface area contributed by atoms with E-state index >= 15 is 0 Å². The maximum atomic E-state index is 11.6. The van der Waals surface area contributed by atoms with Crippen LogP contribution in [0.2, 0.25) is 10.0 Å². The molecular weight excluding hydrogens is 473 g/mol. The first-order chi connectivity index (χ1) is 10.9. The van der Waals surface area contributed by atoms with Gasteiger partial charge in [0.05, 0.1) is 22.6 Å². The minimum absolute atomic E-state index is 0.000172. The minimum Gasteiger partial charge on any atom is -0.478 e. The normalized spacial score (nSPS) is 11.0. The van der Waals surface area contributed by atoms with Gasteiger partial charge in [-0.15, -0.1) is 0 Å². The molecule has 1 aromatic carbocycles. The number of nitrogens with one attached hydrogen (secondary N) is 1. The van der Waals surface area contributed by atoms with E-state index in [1.807, 2.05) is 0 Å². The molecule has 0 atom stereocenters. The summed E-state index contributed by atoms with van der Waals surface area (Å²) in [6.07, 6.45) is 2.99. The first kappa shape index (κ1) is 16.6. The number of carbonyl (C=O) groups is 1. The van der Waals surface area contributed by atoms with Gasteiger partial charge in [0.1, 0.15) is 15.2 Å². The van der Waals surface area contributed by atoms with Gasteiger partial charge in [-0.25, -0.2) is 9.78 Å². The molecule has 23 heavy (non-hydrogen) atoms. The Balaban J connectivity index is 2.21. The zero-order valence-corrected chi connectivity index (χ0v) is 15.8. The Kier molecular flexibility index (Phi) is 4.55. The maximum Gasteiger partial charge on any atom is 0.339 e. The third-order valence-electron chi connectivity index (χ3n) is 3.12. The molecule has 9 heteroatoms. The highest BCUT2D eigenvalue weighted by Crippen LogP contribution is 2.36. The summed E-state index contributed by atoms with van der Waals surface area (Å²) in [4.78, 5) is 15.8. The second-order valence-corrected chi connectivity index (χ2v) is 7.07. The van der Waals surface area contributed by atoms with Crippen LogP contribution in [-0.2, 0) is 0 Å². The van der Waals surface area contributed by atoms with Gasteiger partial charge in [-0.05, 0) is 34.1 Å². The molecule has 0 amide bonds. The predicted octanol–water partition coefficient (Wildman–Crippen LogP) is 5.61. The van der Waals surface area contributed by atoms with Crippen LogP contribution in [0.3, 0.4) is 0 Å². The second-order valence-electron chi connectivity index (χ2n) is 4.56. The Morgan fingerprint density at radius 2 is 2.04 bits per heavy atom. The Morgan fingerprint density at radius 1 is 1.30 bits per heavy atom. The molecule has 0 unspecified atom stereocenters. The molecule has 0 aliphatic rings. The van der Waals surface area contributed by atoms with Crippen LogP contribution >= 0.6 is 55.1 Å². The van der Waals surface area contributed by atoms with Gasteiger partial charge < -0.3 is 10.4 Å². The number of fused-ring (bicyclic) bond motifs is 1. The number of hydrogen-bond donors (Lipinski definition) is 2. The van der Waals surface area contributed by atoms with Gasteiger partial charge in [-0.1, -0.05) is 39.1 Å². The van der Waals surface area contributed by atoms with Crippen LogP contribution in [0.15, 0.2) is 39.7 Å². The lowest BCUT2D eigenvalue weighted by Gasteiger charge is -2.14. The number of carboxylic acids is 1. The van der Waals surface area contributed by atoms with Crippen molar-refractivity contribution in [3.05, 3.63) is 55.3 Å². The molecule has 0 saturated heterocycles. The third-order valence-corrected chi connectivity index (χ3v) is 4.87. The number of hydrogen-bond acceptors (Lipinski definition) is 3. The number of benzene rings is 1. The van der Waals surface area contributed by atoms with Crippen molar-refractivity contribution in [1.82, 2.24) is 9.38 Å². The Morgan fingerprint density at radius 3 is 2.70 bits per heavy atom. The summed E-state index contributed by atoms with van der Waals surface area (Å²) >= 11 is 19.1. The van der Waals surface area contributed by atoms with Crippen molar-refractivity contribution in [1.29, 1.82) is 0 Å². The Hall–Kier alpha value is -1.28. The lowest BCUT2D eigenvalue weighted by molar-refractivity contribution is 0.0697. The van der Waals surface area contributed by atoms with Gasteiger partial charge >= 0.3 is 5.97 Å².